The quantitative estimate of drug-likeness (QED) is 0.798. The number of aromatic nitrogens is 4. The van der Waals surface area contributed by atoms with Crippen molar-refractivity contribution in [2.24, 2.45) is 0 Å². The standard InChI is InChI=1S/C12H13FN6O/c13-7-4-18(5-7)10-2-15-11(3-14-10)19-6-8-9(17-19)1-16-12(8)20/h2-3,6-7,12,16,20H,1,4-5H2. The number of aliphatic hydroxyl groups excluding tert-OH is 1. The number of nitrogens with zero attached hydrogens (tertiary/aromatic N) is 5. The van der Waals surface area contributed by atoms with Crippen LogP contribution < -0.4 is 10.2 Å². The number of hydrogen-bond acceptors (Lipinski definition) is 6. The molecule has 0 aromatic carbocycles. The van der Waals surface area contributed by atoms with Gasteiger partial charge in [0.1, 0.15) is 18.2 Å². The molecule has 4 rings (SSSR count). The summed E-state index contributed by atoms with van der Waals surface area (Å²) in [5, 5.41) is 16.9. The lowest BCUT2D eigenvalue weighted by molar-refractivity contribution is 0.151. The molecule has 0 spiro atoms. The largest absolute Gasteiger partial charge is 0.374 e. The highest BCUT2D eigenvalue weighted by molar-refractivity contribution is 5.41. The van der Waals surface area contributed by atoms with E-state index in [4.69, 9.17) is 0 Å². The molecule has 2 N–H and O–H groups in total. The van der Waals surface area contributed by atoms with Crippen molar-refractivity contribution in [2.45, 2.75) is 18.9 Å². The van der Waals surface area contributed by atoms with Crippen molar-refractivity contribution in [2.75, 3.05) is 18.0 Å². The summed E-state index contributed by atoms with van der Waals surface area (Å²) in [6.45, 7) is 1.30. The zero-order valence-electron chi connectivity index (χ0n) is 10.6. The predicted octanol–water partition coefficient (Wildman–Crippen LogP) is -0.0855. The number of anilines is 1. The van der Waals surface area contributed by atoms with Crippen molar-refractivity contribution >= 4 is 5.82 Å². The molecule has 0 aliphatic carbocycles. The SMILES string of the molecule is OC1NCc2nn(-c3cnc(N4CC(F)C4)cn3)cc21. The van der Waals surface area contributed by atoms with Crippen LogP contribution in [0.1, 0.15) is 17.5 Å². The third-order valence-electron chi connectivity index (χ3n) is 3.60. The first-order valence-electron chi connectivity index (χ1n) is 6.42. The lowest BCUT2D eigenvalue weighted by atomic mass is 10.2. The number of alkyl halides is 1. The Bertz CT molecular complexity index is 636. The van der Waals surface area contributed by atoms with Gasteiger partial charge in [-0.15, -0.1) is 0 Å². The molecule has 0 saturated carbocycles. The second-order valence-electron chi connectivity index (χ2n) is 4.99. The summed E-state index contributed by atoms with van der Waals surface area (Å²) in [5.41, 5.74) is 1.57. The summed E-state index contributed by atoms with van der Waals surface area (Å²) in [6, 6.07) is 0. The number of fused-ring (bicyclic) bond motifs is 1. The number of aliphatic hydroxyl groups is 1. The second-order valence-corrected chi connectivity index (χ2v) is 4.99. The first-order valence-corrected chi connectivity index (χ1v) is 6.42. The van der Waals surface area contributed by atoms with Crippen molar-refractivity contribution in [3.05, 3.63) is 29.8 Å². The number of rotatable bonds is 2. The minimum atomic E-state index is -0.764. The summed E-state index contributed by atoms with van der Waals surface area (Å²) in [7, 11) is 0. The maximum Gasteiger partial charge on any atom is 0.171 e. The lowest BCUT2D eigenvalue weighted by Crippen LogP contribution is -2.48. The van der Waals surface area contributed by atoms with Gasteiger partial charge in [-0.05, 0) is 0 Å². The molecule has 7 nitrogen and oxygen atoms in total. The highest BCUT2D eigenvalue weighted by Crippen LogP contribution is 2.23. The fourth-order valence-electron chi connectivity index (χ4n) is 2.42. The molecule has 104 valence electrons. The van der Waals surface area contributed by atoms with Crippen LogP contribution in [-0.2, 0) is 6.54 Å². The lowest BCUT2D eigenvalue weighted by Gasteiger charge is -2.34. The fourth-order valence-corrected chi connectivity index (χ4v) is 2.42. The van der Waals surface area contributed by atoms with Gasteiger partial charge in [-0.2, -0.15) is 5.10 Å². The van der Waals surface area contributed by atoms with Crippen LogP contribution in [0.25, 0.3) is 5.82 Å². The molecule has 0 radical (unpaired) electrons. The van der Waals surface area contributed by atoms with Gasteiger partial charge in [0.2, 0.25) is 0 Å². The molecule has 2 aromatic heterocycles. The Labute approximate surface area is 114 Å². The Kier molecular flexibility index (Phi) is 2.48. The van der Waals surface area contributed by atoms with Crippen molar-refractivity contribution < 1.29 is 9.50 Å². The van der Waals surface area contributed by atoms with Gasteiger partial charge in [-0.1, -0.05) is 0 Å². The van der Waals surface area contributed by atoms with Crippen LogP contribution in [0.2, 0.25) is 0 Å². The molecule has 1 unspecified atom stereocenters. The van der Waals surface area contributed by atoms with Crippen LogP contribution in [0.5, 0.6) is 0 Å². The Hall–Kier alpha value is -2.06. The minimum Gasteiger partial charge on any atom is -0.374 e. The molecule has 4 heterocycles. The molecule has 2 aliphatic heterocycles. The zero-order valence-corrected chi connectivity index (χ0v) is 10.6. The van der Waals surface area contributed by atoms with Gasteiger partial charge in [-0.25, -0.2) is 19.0 Å². The van der Waals surface area contributed by atoms with Crippen molar-refractivity contribution in [3.63, 3.8) is 0 Å². The summed E-state index contributed by atoms with van der Waals surface area (Å²) >= 11 is 0. The van der Waals surface area contributed by atoms with Crippen molar-refractivity contribution in [1.82, 2.24) is 25.1 Å². The van der Waals surface area contributed by atoms with Crippen LogP contribution in [0.15, 0.2) is 18.6 Å². The third kappa shape index (κ3) is 1.76. The van der Waals surface area contributed by atoms with E-state index in [0.717, 1.165) is 11.3 Å². The molecular formula is C12H13FN6O. The average molecular weight is 276 g/mol. The highest BCUT2D eigenvalue weighted by Gasteiger charge is 2.27. The van der Waals surface area contributed by atoms with E-state index < -0.39 is 12.4 Å². The van der Waals surface area contributed by atoms with Gasteiger partial charge in [-0.3, -0.25) is 5.32 Å². The summed E-state index contributed by atoms with van der Waals surface area (Å²) in [4.78, 5) is 10.4. The van der Waals surface area contributed by atoms with E-state index in [-0.39, 0.29) is 0 Å². The molecule has 0 bridgehead atoms. The first kappa shape index (κ1) is 11.7. The van der Waals surface area contributed by atoms with Gasteiger partial charge >= 0.3 is 0 Å². The predicted molar refractivity (Wildman–Crippen MR) is 68.1 cm³/mol. The third-order valence-corrected chi connectivity index (χ3v) is 3.60. The average Bonchev–Trinajstić information content (AvgIpc) is 2.98. The Morgan fingerprint density at radius 3 is 2.65 bits per heavy atom. The van der Waals surface area contributed by atoms with Crippen LogP contribution in [0.3, 0.4) is 0 Å². The molecule has 2 aliphatic rings. The molecule has 8 heteroatoms. The molecule has 20 heavy (non-hydrogen) atoms. The number of halogens is 1. The molecule has 2 aromatic rings. The molecule has 1 atom stereocenters. The molecule has 0 amide bonds. The molecule has 1 saturated heterocycles. The number of nitrogens with one attached hydrogen (secondary N) is 1. The van der Waals surface area contributed by atoms with Crippen LogP contribution in [0, 0.1) is 0 Å². The summed E-state index contributed by atoms with van der Waals surface area (Å²) < 4.78 is 14.4. The normalized spacial score (nSPS) is 21.9. The van der Waals surface area contributed by atoms with E-state index in [1.807, 2.05) is 4.90 Å². The fraction of sp³-hybridized carbons (Fsp3) is 0.417. The zero-order chi connectivity index (χ0) is 13.7. The van der Waals surface area contributed by atoms with E-state index in [1.54, 1.807) is 23.3 Å². The van der Waals surface area contributed by atoms with Gasteiger partial charge in [0.15, 0.2) is 5.82 Å². The summed E-state index contributed by atoms with van der Waals surface area (Å²) in [5.74, 6) is 1.25. The Balaban J connectivity index is 1.58. The Morgan fingerprint density at radius 2 is 2.00 bits per heavy atom. The van der Waals surface area contributed by atoms with Gasteiger partial charge in [0.05, 0.1) is 31.2 Å². The maximum absolute atomic E-state index is 12.8. The highest BCUT2D eigenvalue weighted by atomic mass is 19.1. The Morgan fingerprint density at radius 1 is 1.25 bits per heavy atom. The van der Waals surface area contributed by atoms with E-state index in [0.29, 0.717) is 31.3 Å². The molecular weight excluding hydrogens is 263 g/mol. The number of hydrogen-bond donors (Lipinski definition) is 2. The van der Waals surface area contributed by atoms with Crippen molar-refractivity contribution in [1.29, 1.82) is 0 Å². The topological polar surface area (TPSA) is 79.1 Å². The minimum absolute atomic E-state index is 0.377. The van der Waals surface area contributed by atoms with Crippen LogP contribution in [0.4, 0.5) is 10.2 Å². The van der Waals surface area contributed by atoms with E-state index in [2.05, 4.69) is 20.4 Å². The van der Waals surface area contributed by atoms with Crippen LogP contribution in [-0.4, -0.2) is 44.1 Å². The van der Waals surface area contributed by atoms with Crippen LogP contribution >= 0.6 is 0 Å². The first-order chi connectivity index (χ1) is 9.70. The second kappa shape index (κ2) is 4.22. The van der Waals surface area contributed by atoms with Crippen molar-refractivity contribution in [3.8, 4) is 5.82 Å². The van der Waals surface area contributed by atoms with Gasteiger partial charge in [0, 0.05) is 18.3 Å². The smallest absolute Gasteiger partial charge is 0.171 e. The van der Waals surface area contributed by atoms with Gasteiger partial charge in [0.25, 0.3) is 0 Å². The summed E-state index contributed by atoms with van der Waals surface area (Å²) in [6.07, 6.45) is 3.52. The maximum atomic E-state index is 12.8. The van der Waals surface area contributed by atoms with E-state index in [9.17, 15) is 9.50 Å². The van der Waals surface area contributed by atoms with E-state index >= 15 is 0 Å². The van der Waals surface area contributed by atoms with E-state index in [1.165, 1.54) is 0 Å². The monoisotopic (exact) mass is 276 g/mol. The van der Waals surface area contributed by atoms with Gasteiger partial charge < -0.3 is 10.0 Å². The molecule has 1 fully saturated rings.